The predicted molar refractivity (Wildman–Crippen MR) is 74.0 cm³/mol. The topological polar surface area (TPSA) is 72.9 Å². The molecule has 0 amide bonds. The molecule has 0 aliphatic carbocycles. The zero-order chi connectivity index (χ0) is 13.9. The summed E-state index contributed by atoms with van der Waals surface area (Å²) in [5, 5.41) is 9.16. The number of nitrogens with one attached hydrogen (secondary N) is 1. The van der Waals surface area contributed by atoms with Crippen molar-refractivity contribution in [2.45, 2.75) is 31.7 Å². The van der Waals surface area contributed by atoms with Crippen molar-refractivity contribution >= 4 is 10.2 Å². The Morgan fingerprint density at radius 1 is 1.26 bits per heavy atom. The molecule has 2 rings (SSSR count). The van der Waals surface area contributed by atoms with Crippen molar-refractivity contribution in [1.82, 2.24) is 13.9 Å². The molecule has 0 aromatic heterocycles. The molecule has 0 saturated carbocycles. The molecule has 2 fully saturated rings. The third-order valence-corrected chi connectivity index (χ3v) is 5.80. The van der Waals surface area contributed by atoms with Gasteiger partial charge in [0.2, 0.25) is 0 Å². The van der Waals surface area contributed by atoms with Crippen LogP contribution in [0.3, 0.4) is 0 Å². The Hall–Kier alpha value is -0.210. The summed E-state index contributed by atoms with van der Waals surface area (Å²) in [5.41, 5.74) is 0. The summed E-state index contributed by atoms with van der Waals surface area (Å²) in [7, 11) is -1.36. The van der Waals surface area contributed by atoms with Gasteiger partial charge in [0.05, 0.1) is 0 Å². The van der Waals surface area contributed by atoms with E-state index in [-0.39, 0.29) is 12.5 Å². The summed E-state index contributed by atoms with van der Waals surface area (Å²) in [4.78, 5) is 2.20. The Bertz CT molecular complexity index is 388. The maximum Gasteiger partial charge on any atom is 0.279 e. The first kappa shape index (κ1) is 15.2. The first-order valence-corrected chi connectivity index (χ1v) is 8.53. The first-order chi connectivity index (χ1) is 9.03. The molecular weight excluding hydrogens is 266 g/mol. The van der Waals surface area contributed by atoms with Crippen LogP contribution in [-0.4, -0.2) is 68.6 Å². The maximum absolute atomic E-state index is 12.2. The summed E-state index contributed by atoms with van der Waals surface area (Å²) in [6, 6.07) is 0.313. The largest absolute Gasteiger partial charge is 0.396 e. The van der Waals surface area contributed by atoms with Crippen molar-refractivity contribution in [3.05, 3.63) is 0 Å². The number of nitrogens with zero attached hydrogens (tertiary/aromatic N) is 2. The Balaban J connectivity index is 1.87. The van der Waals surface area contributed by atoms with Crippen LogP contribution in [-0.2, 0) is 10.2 Å². The molecule has 0 aromatic rings. The van der Waals surface area contributed by atoms with E-state index in [0.29, 0.717) is 25.7 Å². The molecule has 112 valence electrons. The van der Waals surface area contributed by atoms with E-state index in [1.165, 1.54) is 4.31 Å². The van der Waals surface area contributed by atoms with Crippen LogP contribution >= 0.6 is 0 Å². The molecule has 2 aliphatic heterocycles. The molecule has 2 unspecified atom stereocenters. The number of aliphatic hydroxyl groups is 1. The van der Waals surface area contributed by atoms with Gasteiger partial charge in [-0.25, -0.2) is 4.72 Å². The first-order valence-electron chi connectivity index (χ1n) is 7.09. The second-order valence-electron chi connectivity index (χ2n) is 5.68. The van der Waals surface area contributed by atoms with Crippen molar-refractivity contribution < 1.29 is 13.5 Å². The van der Waals surface area contributed by atoms with Crippen LogP contribution in [0.5, 0.6) is 0 Å². The Morgan fingerprint density at radius 2 is 2.00 bits per heavy atom. The summed E-state index contributed by atoms with van der Waals surface area (Å²) in [6.45, 7) is 2.60. The smallest absolute Gasteiger partial charge is 0.279 e. The molecule has 2 aliphatic rings. The van der Waals surface area contributed by atoms with Crippen molar-refractivity contribution in [2.24, 2.45) is 5.92 Å². The monoisotopic (exact) mass is 291 g/mol. The van der Waals surface area contributed by atoms with Crippen LogP contribution in [0.25, 0.3) is 0 Å². The molecule has 0 spiro atoms. The van der Waals surface area contributed by atoms with E-state index in [0.717, 1.165) is 32.2 Å². The highest BCUT2D eigenvalue weighted by molar-refractivity contribution is 7.87. The lowest BCUT2D eigenvalue weighted by Crippen LogP contribution is -2.49. The second-order valence-corrected chi connectivity index (χ2v) is 7.43. The predicted octanol–water partition coefficient (Wildman–Crippen LogP) is -0.381. The minimum Gasteiger partial charge on any atom is -0.396 e. The highest BCUT2D eigenvalue weighted by Crippen LogP contribution is 2.19. The number of hydrogen-bond donors (Lipinski definition) is 2. The molecule has 0 bridgehead atoms. The van der Waals surface area contributed by atoms with Gasteiger partial charge in [0.1, 0.15) is 0 Å². The van der Waals surface area contributed by atoms with Gasteiger partial charge >= 0.3 is 0 Å². The van der Waals surface area contributed by atoms with Gasteiger partial charge < -0.3 is 10.0 Å². The van der Waals surface area contributed by atoms with E-state index in [4.69, 9.17) is 5.11 Å². The van der Waals surface area contributed by atoms with Gasteiger partial charge in [0.15, 0.2) is 0 Å². The minimum atomic E-state index is -3.39. The molecule has 2 heterocycles. The number of likely N-dealkylation sites (N-methyl/N-ethyl adjacent to an activating group) is 1. The molecule has 2 saturated heterocycles. The lowest BCUT2D eigenvalue weighted by molar-refractivity contribution is 0.164. The third-order valence-electron chi connectivity index (χ3n) is 4.25. The molecule has 19 heavy (non-hydrogen) atoms. The number of piperidine rings is 1. The SMILES string of the molecule is CN1CCCC1CNS(=O)(=O)N1CCCC(CO)C1. The van der Waals surface area contributed by atoms with E-state index < -0.39 is 10.2 Å². The fourth-order valence-corrected chi connectivity index (χ4v) is 4.29. The molecule has 0 aromatic carbocycles. The van der Waals surface area contributed by atoms with E-state index in [2.05, 4.69) is 9.62 Å². The molecule has 6 nitrogen and oxygen atoms in total. The normalized spacial score (nSPS) is 30.8. The summed E-state index contributed by atoms with van der Waals surface area (Å²) in [5.74, 6) is 0.0829. The molecule has 7 heteroatoms. The van der Waals surface area contributed by atoms with E-state index in [1.807, 2.05) is 7.05 Å². The van der Waals surface area contributed by atoms with Crippen LogP contribution in [0.4, 0.5) is 0 Å². The van der Waals surface area contributed by atoms with Gasteiger partial charge in [-0.1, -0.05) is 0 Å². The minimum absolute atomic E-state index is 0.0668. The van der Waals surface area contributed by atoms with Crippen molar-refractivity contribution in [1.29, 1.82) is 0 Å². The van der Waals surface area contributed by atoms with Crippen molar-refractivity contribution in [3.63, 3.8) is 0 Å². The van der Waals surface area contributed by atoms with Crippen molar-refractivity contribution in [2.75, 3.05) is 39.8 Å². The second kappa shape index (κ2) is 6.49. The number of likely N-dealkylation sites (tertiary alicyclic amines) is 1. The van der Waals surface area contributed by atoms with Crippen molar-refractivity contribution in [3.8, 4) is 0 Å². The highest BCUT2D eigenvalue weighted by atomic mass is 32.2. The summed E-state index contributed by atoms with van der Waals surface area (Å²) >= 11 is 0. The van der Waals surface area contributed by atoms with Crippen LogP contribution in [0.15, 0.2) is 0 Å². The number of rotatable bonds is 5. The van der Waals surface area contributed by atoms with Gasteiger partial charge in [-0.2, -0.15) is 12.7 Å². The fraction of sp³-hybridized carbons (Fsp3) is 1.00. The molecule has 0 radical (unpaired) electrons. The third kappa shape index (κ3) is 3.88. The molecule has 2 N–H and O–H groups in total. The fourth-order valence-electron chi connectivity index (χ4n) is 2.92. The van der Waals surface area contributed by atoms with E-state index in [9.17, 15) is 8.42 Å². The van der Waals surface area contributed by atoms with Crippen LogP contribution in [0.1, 0.15) is 25.7 Å². The lowest BCUT2D eigenvalue weighted by Gasteiger charge is -2.31. The Morgan fingerprint density at radius 3 is 2.63 bits per heavy atom. The van der Waals surface area contributed by atoms with Gasteiger partial charge in [-0.15, -0.1) is 0 Å². The van der Waals surface area contributed by atoms with Gasteiger partial charge in [-0.05, 0) is 45.2 Å². The number of aliphatic hydroxyl groups excluding tert-OH is 1. The van der Waals surface area contributed by atoms with Crippen LogP contribution in [0, 0.1) is 5.92 Å². The highest BCUT2D eigenvalue weighted by Gasteiger charge is 2.30. The van der Waals surface area contributed by atoms with Crippen LogP contribution < -0.4 is 4.72 Å². The quantitative estimate of drug-likeness (QED) is 0.724. The van der Waals surface area contributed by atoms with Gasteiger partial charge in [0.25, 0.3) is 10.2 Å². The van der Waals surface area contributed by atoms with Gasteiger partial charge in [-0.3, -0.25) is 0 Å². The Kier molecular flexibility index (Phi) is 5.19. The van der Waals surface area contributed by atoms with E-state index in [1.54, 1.807) is 0 Å². The maximum atomic E-state index is 12.2. The number of hydrogen-bond acceptors (Lipinski definition) is 4. The standard InChI is InChI=1S/C12H25N3O3S/c1-14-6-3-5-12(14)8-13-19(17,18)15-7-2-4-11(9-15)10-16/h11-13,16H,2-10H2,1H3. The average molecular weight is 291 g/mol. The average Bonchev–Trinajstić information content (AvgIpc) is 2.82. The van der Waals surface area contributed by atoms with Gasteiger partial charge in [0, 0.05) is 32.3 Å². The summed E-state index contributed by atoms with van der Waals surface area (Å²) in [6.07, 6.45) is 3.93. The zero-order valence-corrected chi connectivity index (χ0v) is 12.4. The lowest BCUT2D eigenvalue weighted by atomic mass is 10.0. The zero-order valence-electron chi connectivity index (χ0n) is 11.6. The summed E-state index contributed by atoms with van der Waals surface area (Å²) < 4.78 is 28.6. The molecule has 2 atom stereocenters. The van der Waals surface area contributed by atoms with Crippen LogP contribution in [0.2, 0.25) is 0 Å². The molecular formula is C12H25N3O3S. The van der Waals surface area contributed by atoms with E-state index >= 15 is 0 Å². The Labute approximate surface area is 116 Å².